The molecule has 0 saturated carbocycles. The van der Waals surface area contributed by atoms with Crippen molar-refractivity contribution in [3.8, 4) is 0 Å². The maximum atomic E-state index is 14.2. The zero-order valence-electron chi connectivity index (χ0n) is 36.9. The van der Waals surface area contributed by atoms with Crippen LogP contribution in [-0.4, -0.2) is 132 Å². The van der Waals surface area contributed by atoms with Crippen LogP contribution in [0.5, 0.6) is 0 Å². The third kappa shape index (κ3) is 11.1. The van der Waals surface area contributed by atoms with E-state index in [1.807, 2.05) is 91.0 Å². The fourth-order valence-electron chi connectivity index (χ4n) is 8.93. The first-order valence-corrected chi connectivity index (χ1v) is 22.4. The number of hydrogen-bond acceptors (Lipinski definition) is 15. The molecule has 0 aliphatic carbocycles. The largest absolute Gasteiger partial charge is 0.460 e. The Morgan fingerprint density at radius 1 is 0.576 bits per heavy atom. The highest BCUT2D eigenvalue weighted by atomic mass is 16.8. The Labute approximate surface area is 382 Å². The molecule has 3 amide bonds. The lowest BCUT2D eigenvalue weighted by molar-refractivity contribution is -0.236. The predicted molar refractivity (Wildman–Crippen MR) is 228 cm³/mol. The van der Waals surface area contributed by atoms with Gasteiger partial charge in [0.25, 0.3) is 0 Å². The predicted octanol–water partition coefficient (Wildman–Crippen LogP) is 5.63. The van der Waals surface area contributed by atoms with Gasteiger partial charge in [0.2, 0.25) is 0 Å². The molecule has 5 aliphatic rings. The first-order chi connectivity index (χ1) is 31.9. The second-order valence-electron chi connectivity index (χ2n) is 17.3. The van der Waals surface area contributed by atoms with E-state index in [2.05, 4.69) is 0 Å². The van der Waals surface area contributed by atoms with Crippen LogP contribution < -0.4 is 0 Å². The van der Waals surface area contributed by atoms with Crippen LogP contribution in [0, 0.1) is 0 Å². The molecule has 8 rings (SSSR count). The zero-order valence-corrected chi connectivity index (χ0v) is 36.9. The summed E-state index contributed by atoms with van der Waals surface area (Å²) in [6, 6.07) is 24.3. The number of hydrogen-bond donors (Lipinski definition) is 0. The van der Waals surface area contributed by atoms with Gasteiger partial charge >= 0.3 is 36.2 Å². The van der Waals surface area contributed by atoms with E-state index in [0.29, 0.717) is 25.7 Å². The molecule has 3 aromatic rings. The van der Waals surface area contributed by atoms with Crippen molar-refractivity contribution < 1.29 is 71.4 Å². The average Bonchev–Trinajstić information content (AvgIpc) is 4.19. The van der Waals surface area contributed by atoms with Gasteiger partial charge in [-0.2, -0.15) is 0 Å². The highest BCUT2D eigenvalue weighted by molar-refractivity contribution is 5.84. The summed E-state index contributed by atoms with van der Waals surface area (Å²) in [5, 5.41) is 0. The Balaban J connectivity index is 0.996. The van der Waals surface area contributed by atoms with Crippen molar-refractivity contribution >= 4 is 36.2 Å². The van der Waals surface area contributed by atoms with E-state index in [0.717, 1.165) is 16.7 Å². The van der Waals surface area contributed by atoms with Gasteiger partial charge in [0.05, 0.1) is 0 Å². The quantitative estimate of drug-likeness (QED) is 0.142. The SMILES string of the molecule is CC1(C)OC2OC(C(COC(=O)[C@@H]3CCCN3C(=O)OCc3ccccc3)OC(=O)[C@@H]3CCCN3C(=O)OCc3ccccc3)C(OC(=O)[C@H]3CCCN3C(=O)OCc3ccccc3)C2O1. The van der Waals surface area contributed by atoms with Crippen LogP contribution in [-0.2, 0) is 76.8 Å². The molecule has 0 aromatic heterocycles. The Bertz CT molecular complexity index is 2180. The molecule has 0 radical (unpaired) electrons. The van der Waals surface area contributed by atoms with Crippen molar-refractivity contribution in [1.29, 1.82) is 0 Å². The summed E-state index contributed by atoms with van der Waals surface area (Å²) in [6.07, 6.45) is -6.05. The molecule has 0 bridgehead atoms. The number of ether oxygens (including phenoxy) is 9. The summed E-state index contributed by atoms with van der Waals surface area (Å²) in [7, 11) is 0. The fourth-order valence-corrected chi connectivity index (χ4v) is 8.93. The van der Waals surface area contributed by atoms with Crippen molar-refractivity contribution in [2.45, 2.75) is 127 Å². The first kappa shape index (κ1) is 46.3. The van der Waals surface area contributed by atoms with Crippen LogP contribution in [0.4, 0.5) is 14.4 Å². The van der Waals surface area contributed by atoms with Gasteiger partial charge in [0.1, 0.15) is 50.7 Å². The number of amides is 3. The van der Waals surface area contributed by atoms with E-state index < -0.39 is 97.4 Å². The van der Waals surface area contributed by atoms with Gasteiger partial charge < -0.3 is 42.6 Å². The van der Waals surface area contributed by atoms with Crippen molar-refractivity contribution in [3.63, 3.8) is 0 Å². The summed E-state index contributed by atoms with van der Waals surface area (Å²) in [5.74, 6) is -3.57. The van der Waals surface area contributed by atoms with Crippen LogP contribution in [0.15, 0.2) is 91.0 Å². The highest BCUT2D eigenvalue weighted by Crippen LogP contribution is 2.41. The topological polar surface area (TPSA) is 195 Å². The molecule has 0 N–H and O–H groups in total. The molecular formula is C48H55N3O15. The Kier molecular flexibility index (Phi) is 14.7. The standard InChI is InChI=1S/C48H55N3O15/c1-48(2)65-40-39(63-43(54)36-23-14-26-51(36)47(57)61-29-33-19-10-5-11-20-33)38(64-44(40)66-48)37(62-42(53)35-22-13-25-50(35)46(56)60-28-32-17-8-4-9-18-32)30-58-41(52)34-21-12-24-49(34)45(55)59-27-31-15-6-3-7-16-31/h3-11,15-20,34-40,44H,12-14,21-30H2,1-2H3/t34-,35-,36+,37?,38?,39?,40?,44?/m0/s1. The third-order valence-electron chi connectivity index (χ3n) is 12.2. The van der Waals surface area contributed by atoms with Crippen molar-refractivity contribution in [3.05, 3.63) is 108 Å². The van der Waals surface area contributed by atoms with Gasteiger partial charge in [-0.1, -0.05) is 91.0 Å². The molecule has 352 valence electrons. The van der Waals surface area contributed by atoms with Crippen molar-refractivity contribution in [1.82, 2.24) is 14.7 Å². The summed E-state index contributed by atoms with van der Waals surface area (Å²) in [5.41, 5.74) is 2.31. The van der Waals surface area contributed by atoms with E-state index in [9.17, 15) is 28.8 Å². The molecule has 18 heteroatoms. The number of carbonyl (C=O) groups excluding carboxylic acids is 6. The third-order valence-corrected chi connectivity index (χ3v) is 12.2. The molecule has 18 nitrogen and oxygen atoms in total. The second kappa shape index (κ2) is 20.9. The molecule has 0 spiro atoms. The van der Waals surface area contributed by atoms with E-state index in [1.54, 1.807) is 13.8 Å². The lowest BCUT2D eigenvalue weighted by Crippen LogP contribution is -2.52. The number of likely N-dealkylation sites (tertiary alicyclic amines) is 3. The molecule has 5 fully saturated rings. The van der Waals surface area contributed by atoms with Crippen molar-refractivity contribution in [2.24, 2.45) is 0 Å². The summed E-state index contributed by atoms with van der Waals surface area (Å²) < 4.78 is 53.4. The minimum absolute atomic E-state index is 0.00290. The lowest BCUT2D eigenvalue weighted by Gasteiger charge is -2.33. The van der Waals surface area contributed by atoms with Gasteiger partial charge in [0, 0.05) is 19.6 Å². The lowest BCUT2D eigenvalue weighted by atomic mass is 10.0. The van der Waals surface area contributed by atoms with Gasteiger partial charge in [-0.25, -0.2) is 28.8 Å². The Morgan fingerprint density at radius 2 is 1.00 bits per heavy atom. The number of benzene rings is 3. The molecule has 5 heterocycles. The zero-order chi connectivity index (χ0) is 46.2. The van der Waals surface area contributed by atoms with E-state index in [1.165, 1.54) is 14.7 Å². The van der Waals surface area contributed by atoms with Gasteiger partial charge in [-0.15, -0.1) is 0 Å². The summed E-state index contributed by atoms with van der Waals surface area (Å²) in [6.45, 7) is 3.42. The van der Waals surface area contributed by atoms with E-state index in [4.69, 9.17) is 42.6 Å². The highest BCUT2D eigenvalue weighted by Gasteiger charge is 2.60. The molecular weight excluding hydrogens is 859 g/mol. The molecule has 5 aliphatic heterocycles. The number of nitrogens with zero attached hydrogens (tertiary/aromatic N) is 3. The Morgan fingerprint density at radius 3 is 1.45 bits per heavy atom. The maximum absolute atomic E-state index is 14.2. The number of rotatable bonds is 14. The normalized spacial score (nSPS) is 25.7. The van der Waals surface area contributed by atoms with Crippen LogP contribution in [0.25, 0.3) is 0 Å². The average molecular weight is 914 g/mol. The molecule has 5 unspecified atom stereocenters. The number of esters is 3. The van der Waals surface area contributed by atoms with Crippen LogP contribution in [0.3, 0.4) is 0 Å². The monoisotopic (exact) mass is 913 g/mol. The van der Waals surface area contributed by atoms with Gasteiger partial charge in [-0.05, 0) is 69.1 Å². The van der Waals surface area contributed by atoms with Gasteiger partial charge in [0.15, 0.2) is 30.4 Å². The molecule has 8 atom stereocenters. The minimum atomic E-state index is -1.46. The minimum Gasteiger partial charge on any atom is -0.460 e. The second-order valence-corrected chi connectivity index (χ2v) is 17.3. The maximum Gasteiger partial charge on any atom is 0.410 e. The number of fused-ring (bicyclic) bond motifs is 1. The Hall–Kier alpha value is -6.24. The number of carbonyl (C=O) groups is 6. The van der Waals surface area contributed by atoms with Gasteiger partial charge in [-0.3, -0.25) is 14.7 Å². The summed E-state index contributed by atoms with van der Waals surface area (Å²) in [4.78, 5) is 86.1. The first-order valence-electron chi connectivity index (χ1n) is 22.4. The van der Waals surface area contributed by atoms with Crippen LogP contribution in [0.2, 0.25) is 0 Å². The summed E-state index contributed by atoms with van der Waals surface area (Å²) >= 11 is 0. The van der Waals surface area contributed by atoms with E-state index in [-0.39, 0.29) is 52.3 Å². The molecule has 66 heavy (non-hydrogen) atoms. The van der Waals surface area contributed by atoms with Crippen LogP contribution >= 0.6 is 0 Å². The smallest absolute Gasteiger partial charge is 0.410 e. The molecule has 5 saturated heterocycles. The van der Waals surface area contributed by atoms with E-state index >= 15 is 0 Å². The molecule has 3 aromatic carbocycles. The van der Waals surface area contributed by atoms with Crippen LogP contribution in [0.1, 0.15) is 69.1 Å². The van der Waals surface area contributed by atoms with Crippen molar-refractivity contribution in [2.75, 3.05) is 26.2 Å². The fraction of sp³-hybridized carbons (Fsp3) is 0.500.